The topological polar surface area (TPSA) is 0 Å². The molecular formula is C106H72. The maximum Gasteiger partial charge on any atom is 0.0171 e. The lowest BCUT2D eigenvalue weighted by Crippen LogP contribution is -2.16. The van der Waals surface area contributed by atoms with Crippen molar-refractivity contribution in [2.45, 2.75) is 38.5 Å². The second-order valence-corrected chi connectivity index (χ2v) is 30.4. The summed E-state index contributed by atoms with van der Waals surface area (Å²) in [4.78, 5) is 0. The van der Waals surface area contributed by atoms with Gasteiger partial charge in [-0.1, -0.05) is 373 Å². The minimum Gasteiger partial charge on any atom is -0.0616 e. The van der Waals surface area contributed by atoms with Gasteiger partial charge < -0.3 is 0 Å². The quantitative estimate of drug-likeness (QED) is 0.115. The zero-order chi connectivity index (χ0) is 70.5. The van der Waals surface area contributed by atoms with Crippen LogP contribution in [-0.4, -0.2) is 0 Å². The Morgan fingerprint density at radius 1 is 0.142 bits per heavy atom. The number of fused-ring (bicyclic) bond motifs is 19. The van der Waals surface area contributed by atoms with Crippen molar-refractivity contribution in [3.8, 4) is 89.0 Å². The minimum absolute atomic E-state index is 0.119. The highest BCUT2D eigenvalue weighted by Gasteiger charge is 2.40. The van der Waals surface area contributed by atoms with Crippen molar-refractivity contribution in [2.24, 2.45) is 0 Å². The van der Waals surface area contributed by atoms with Gasteiger partial charge in [0, 0.05) is 10.8 Å². The van der Waals surface area contributed by atoms with Crippen molar-refractivity contribution in [1.82, 2.24) is 0 Å². The highest BCUT2D eigenvalue weighted by molar-refractivity contribution is 6.26. The lowest BCUT2D eigenvalue weighted by atomic mass is 9.77. The summed E-state index contributed by atoms with van der Waals surface area (Å²) in [6, 6.07) is 136. The fraction of sp³-hybridized carbons (Fsp3) is 0.0566. The molecule has 0 unspecified atom stereocenters. The first kappa shape index (κ1) is 61.6. The second-order valence-electron chi connectivity index (χ2n) is 30.4. The molecule has 0 N–H and O–H groups in total. The Morgan fingerprint density at radius 3 is 0.906 bits per heavy atom. The van der Waals surface area contributed by atoms with E-state index in [1.807, 2.05) is 0 Å². The van der Waals surface area contributed by atoms with Crippen LogP contribution < -0.4 is 0 Å². The third-order valence-corrected chi connectivity index (χ3v) is 24.0. The van der Waals surface area contributed by atoms with E-state index < -0.39 is 0 Å². The van der Waals surface area contributed by atoms with Crippen LogP contribution in [0.4, 0.5) is 0 Å². The summed E-state index contributed by atoms with van der Waals surface area (Å²) < 4.78 is 0. The molecule has 106 heavy (non-hydrogen) atoms. The highest BCUT2D eigenvalue weighted by Crippen LogP contribution is 2.57. The zero-order valence-electron chi connectivity index (χ0n) is 59.6. The number of rotatable bonds is 6. The lowest BCUT2D eigenvalue weighted by Gasteiger charge is -2.26. The third-order valence-electron chi connectivity index (χ3n) is 24.0. The highest BCUT2D eigenvalue weighted by atomic mass is 14.4. The van der Waals surface area contributed by atoms with E-state index in [2.05, 4.69) is 392 Å². The smallest absolute Gasteiger partial charge is 0.0171 e. The monoisotopic (exact) mass is 1340 g/mol. The molecule has 0 radical (unpaired) electrons. The molecule has 20 aromatic rings. The molecule has 496 valence electrons. The van der Waals surface area contributed by atoms with Crippen LogP contribution in [0.5, 0.6) is 0 Å². The molecule has 0 aliphatic heterocycles. The SMILES string of the molecule is CC1(C)c2c(-c3ccc(-c4c5ccccc5c(-c5ccc6ccccc6c5)c5ccccc45)cc3)cccc2-c2ccc3ccccc3c21.CC1(C)c2c(-c3ccc(-c4c5ccccc5c(-c5cccc6c5ccc5cc7ccccc7cc56)c5ccccc45)cc3)cccc2-c2ccc3ccccc3c21. The predicted octanol–water partition coefficient (Wildman–Crippen LogP) is 29.5. The minimum atomic E-state index is -0.134. The number of hydrogen-bond acceptors (Lipinski definition) is 0. The van der Waals surface area contributed by atoms with E-state index >= 15 is 0 Å². The van der Waals surface area contributed by atoms with Gasteiger partial charge >= 0.3 is 0 Å². The van der Waals surface area contributed by atoms with Crippen LogP contribution >= 0.6 is 0 Å². The molecule has 0 spiro atoms. The lowest BCUT2D eigenvalue weighted by molar-refractivity contribution is 0.668. The van der Waals surface area contributed by atoms with Crippen LogP contribution in [0.1, 0.15) is 49.9 Å². The summed E-state index contributed by atoms with van der Waals surface area (Å²) in [5, 5.41) is 25.7. The molecule has 0 amide bonds. The van der Waals surface area contributed by atoms with Gasteiger partial charge in [-0.3, -0.25) is 0 Å². The van der Waals surface area contributed by atoms with E-state index in [1.54, 1.807) is 0 Å². The maximum atomic E-state index is 2.40. The molecular weight excluding hydrogens is 1270 g/mol. The summed E-state index contributed by atoms with van der Waals surface area (Å²) >= 11 is 0. The Hall–Kier alpha value is -13.0. The molecule has 0 heterocycles. The zero-order valence-corrected chi connectivity index (χ0v) is 59.6. The van der Waals surface area contributed by atoms with Gasteiger partial charge in [-0.25, -0.2) is 0 Å². The van der Waals surface area contributed by atoms with Crippen molar-refractivity contribution in [3.05, 3.63) is 386 Å². The van der Waals surface area contributed by atoms with Crippen molar-refractivity contribution < 1.29 is 0 Å². The van der Waals surface area contributed by atoms with Gasteiger partial charge in [0.2, 0.25) is 0 Å². The Morgan fingerprint density at radius 2 is 0.443 bits per heavy atom. The second kappa shape index (κ2) is 23.8. The number of benzene rings is 20. The Labute approximate surface area is 617 Å². The molecule has 0 saturated heterocycles. The average molecular weight is 1350 g/mol. The molecule has 0 aromatic heterocycles. The van der Waals surface area contributed by atoms with Gasteiger partial charge in [0.1, 0.15) is 0 Å². The van der Waals surface area contributed by atoms with E-state index in [-0.39, 0.29) is 10.8 Å². The van der Waals surface area contributed by atoms with Crippen molar-refractivity contribution >= 4 is 108 Å². The van der Waals surface area contributed by atoms with E-state index in [0.717, 1.165) is 0 Å². The third kappa shape index (κ3) is 9.33. The fourth-order valence-corrected chi connectivity index (χ4v) is 19.4. The Balaban J connectivity index is 0.000000138. The van der Waals surface area contributed by atoms with Crippen molar-refractivity contribution in [2.75, 3.05) is 0 Å². The van der Waals surface area contributed by atoms with Crippen molar-refractivity contribution in [3.63, 3.8) is 0 Å². The summed E-state index contributed by atoms with van der Waals surface area (Å²) in [6.45, 7) is 9.61. The van der Waals surface area contributed by atoms with Crippen LogP contribution in [0, 0.1) is 0 Å². The molecule has 2 aliphatic rings. The van der Waals surface area contributed by atoms with Gasteiger partial charge in [0.15, 0.2) is 0 Å². The largest absolute Gasteiger partial charge is 0.0616 e. The summed E-state index contributed by atoms with van der Waals surface area (Å²) in [6.07, 6.45) is 0. The molecule has 0 fully saturated rings. The normalized spacial score (nSPS) is 13.2. The van der Waals surface area contributed by atoms with Gasteiger partial charge in [0.05, 0.1) is 0 Å². The molecule has 0 atom stereocenters. The van der Waals surface area contributed by atoms with Gasteiger partial charge in [0.25, 0.3) is 0 Å². The molecule has 2 aliphatic carbocycles. The first-order valence-electron chi connectivity index (χ1n) is 37.4. The van der Waals surface area contributed by atoms with Crippen LogP contribution in [0.2, 0.25) is 0 Å². The summed E-state index contributed by atoms with van der Waals surface area (Å²) in [7, 11) is 0. The van der Waals surface area contributed by atoms with Crippen LogP contribution in [0.3, 0.4) is 0 Å². The van der Waals surface area contributed by atoms with Crippen LogP contribution in [-0.2, 0) is 10.8 Å². The molecule has 0 saturated carbocycles. The Kier molecular flexibility index (Phi) is 13.8. The van der Waals surface area contributed by atoms with Gasteiger partial charge in [-0.05, 0) is 237 Å². The van der Waals surface area contributed by atoms with E-state index in [1.165, 1.54) is 219 Å². The van der Waals surface area contributed by atoms with Crippen LogP contribution in [0.15, 0.2) is 364 Å². The van der Waals surface area contributed by atoms with E-state index in [0.29, 0.717) is 0 Å². The molecule has 0 bridgehead atoms. The first-order chi connectivity index (χ1) is 52.1. The maximum absolute atomic E-state index is 2.40. The molecule has 22 rings (SSSR count). The number of hydrogen-bond donors (Lipinski definition) is 0. The van der Waals surface area contributed by atoms with E-state index in [4.69, 9.17) is 0 Å². The summed E-state index contributed by atoms with van der Waals surface area (Å²) in [5.41, 5.74) is 26.2. The fourth-order valence-electron chi connectivity index (χ4n) is 19.4. The first-order valence-corrected chi connectivity index (χ1v) is 37.4. The molecule has 0 nitrogen and oxygen atoms in total. The standard InChI is InChI=1S/C57H38.C49H34/c1-57(2)55-42(21-11-24-50(55)51-32-29-35-13-5-6-16-41(35)56(51)57)36-25-27-37(28-26-36)53-46-17-7-9-19-48(46)54(49-20-10-8-18-47(49)53)45-23-12-22-43-44(45)31-30-40-33-38-14-3-4-15-39(38)34-52(40)43;1-49(2)47-38(20-11-21-43(47)44-29-28-32-13-5-6-15-37(32)48(44)49)33-23-25-34(26-24-33)45-39-16-7-9-18-41(39)46(42-19-10-8-17-40(42)45)36-27-22-31-12-3-4-14-35(31)30-36/h3-34H,1-2H3;3-30H,1-2H3. The van der Waals surface area contributed by atoms with Gasteiger partial charge in [-0.15, -0.1) is 0 Å². The van der Waals surface area contributed by atoms with Crippen LogP contribution in [0.25, 0.3) is 197 Å². The summed E-state index contributed by atoms with van der Waals surface area (Å²) in [5.74, 6) is 0. The molecule has 20 aromatic carbocycles. The van der Waals surface area contributed by atoms with Gasteiger partial charge in [-0.2, -0.15) is 0 Å². The van der Waals surface area contributed by atoms with Crippen molar-refractivity contribution in [1.29, 1.82) is 0 Å². The van der Waals surface area contributed by atoms with E-state index in [9.17, 15) is 0 Å². The average Bonchev–Trinajstić information content (AvgIpc) is 1.50. The molecule has 0 heteroatoms. The predicted molar refractivity (Wildman–Crippen MR) is 456 cm³/mol. The Bertz CT molecular complexity index is 6990.